The molecule has 1 amide bonds. The van der Waals surface area contributed by atoms with Crippen LogP contribution in [0.4, 0.5) is 5.95 Å². The van der Waals surface area contributed by atoms with Crippen LogP contribution in [0.3, 0.4) is 0 Å². The van der Waals surface area contributed by atoms with E-state index in [1.807, 2.05) is 17.0 Å². The van der Waals surface area contributed by atoms with Gasteiger partial charge >= 0.3 is 0 Å². The summed E-state index contributed by atoms with van der Waals surface area (Å²) in [6.45, 7) is 0. The van der Waals surface area contributed by atoms with Crippen molar-refractivity contribution >= 4 is 23.5 Å². The second-order valence-corrected chi connectivity index (χ2v) is 8.71. The maximum atomic E-state index is 13.5. The first-order valence-electron chi connectivity index (χ1n) is 10.2. The first-order chi connectivity index (χ1) is 13.2. The Morgan fingerprint density at radius 3 is 2.56 bits per heavy atom. The van der Waals surface area contributed by atoms with Gasteiger partial charge in [-0.25, -0.2) is 4.68 Å². The maximum Gasteiger partial charge on any atom is 0.260 e. The van der Waals surface area contributed by atoms with Gasteiger partial charge in [-0.1, -0.05) is 43.7 Å². The number of rotatable bonds is 1. The van der Waals surface area contributed by atoms with Crippen molar-refractivity contribution in [1.29, 1.82) is 0 Å². The van der Waals surface area contributed by atoms with Crippen LogP contribution in [-0.2, 0) is 5.54 Å². The van der Waals surface area contributed by atoms with Crippen LogP contribution in [-0.4, -0.2) is 26.7 Å². The van der Waals surface area contributed by atoms with E-state index in [0.717, 1.165) is 25.2 Å². The molecule has 0 N–H and O–H groups in total. The number of anilines is 1. The number of halogens is 1. The lowest BCUT2D eigenvalue weighted by molar-refractivity contribution is 0.0313. The second-order valence-electron chi connectivity index (χ2n) is 8.28. The quantitative estimate of drug-likeness (QED) is 0.708. The molecule has 27 heavy (non-hydrogen) atoms. The fourth-order valence-electron chi connectivity index (χ4n) is 5.79. The lowest BCUT2D eigenvalue weighted by atomic mass is 9.64. The van der Waals surface area contributed by atoms with E-state index in [4.69, 9.17) is 11.6 Å². The average molecular weight is 385 g/mol. The van der Waals surface area contributed by atoms with Crippen LogP contribution in [0, 0.1) is 5.92 Å². The molecule has 5 rings (SSSR count). The molecular formula is C21H25ClN4O. The van der Waals surface area contributed by atoms with Crippen LogP contribution in [0.15, 0.2) is 30.6 Å². The van der Waals surface area contributed by atoms with Crippen LogP contribution in [0.1, 0.15) is 68.1 Å². The highest BCUT2D eigenvalue weighted by molar-refractivity contribution is 6.30. The number of fused-ring (bicyclic) bond motifs is 4. The molecule has 6 heteroatoms. The standard InChI is InChI=1S/C21H25ClN4O/c22-16-10-8-15(9-11-16)19(27)25-18-7-3-2-6-17(18)21(12-4-1-5-13-21)26-20(25)23-14-24-26/h8-11,14,17-18H,1-7,12-13H2/t17-,18+/m1/s1. The van der Waals surface area contributed by atoms with Gasteiger partial charge in [0.05, 0.1) is 5.54 Å². The molecule has 2 fully saturated rings. The normalized spacial score (nSPS) is 26.5. The fourth-order valence-corrected chi connectivity index (χ4v) is 5.91. The summed E-state index contributed by atoms with van der Waals surface area (Å²) >= 11 is 6.02. The predicted octanol–water partition coefficient (Wildman–Crippen LogP) is 4.81. The molecule has 2 atom stereocenters. The van der Waals surface area contributed by atoms with Gasteiger partial charge in [0.15, 0.2) is 0 Å². The second kappa shape index (κ2) is 6.62. The van der Waals surface area contributed by atoms with E-state index >= 15 is 0 Å². The minimum Gasteiger partial charge on any atom is -0.273 e. The summed E-state index contributed by atoms with van der Waals surface area (Å²) in [5.74, 6) is 1.22. The first-order valence-corrected chi connectivity index (χ1v) is 10.6. The Bertz CT molecular complexity index is 840. The Balaban J connectivity index is 1.62. The van der Waals surface area contributed by atoms with Crippen molar-refractivity contribution in [2.45, 2.75) is 69.4 Å². The SMILES string of the molecule is O=C(c1ccc(Cl)cc1)N1c2ncnn2C2(CCCCC2)[C@@H]2CCCC[C@@H]21. The van der Waals surface area contributed by atoms with Crippen LogP contribution in [0.25, 0.3) is 0 Å². The number of nitrogens with zero attached hydrogens (tertiary/aromatic N) is 4. The van der Waals surface area contributed by atoms with E-state index in [1.165, 1.54) is 38.5 Å². The third-order valence-electron chi connectivity index (χ3n) is 6.95. The lowest BCUT2D eigenvalue weighted by Crippen LogP contribution is -2.61. The van der Waals surface area contributed by atoms with Crippen molar-refractivity contribution in [3.63, 3.8) is 0 Å². The molecule has 3 aliphatic rings. The highest BCUT2D eigenvalue weighted by Gasteiger charge is 2.54. The van der Waals surface area contributed by atoms with E-state index in [1.54, 1.807) is 18.5 Å². The van der Waals surface area contributed by atoms with E-state index in [0.29, 0.717) is 16.5 Å². The van der Waals surface area contributed by atoms with E-state index in [2.05, 4.69) is 14.8 Å². The Kier molecular flexibility index (Phi) is 4.23. The Morgan fingerprint density at radius 2 is 1.78 bits per heavy atom. The van der Waals surface area contributed by atoms with Gasteiger partial charge in [0, 0.05) is 22.5 Å². The van der Waals surface area contributed by atoms with Crippen molar-refractivity contribution < 1.29 is 4.79 Å². The Hall–Kier alpha value is -1.88. The zero-order chi connectivity index (χ0) is 18.4. The van der Waals surface area contributed by atoms with Crippen LogP contribution in [0.5, 0.6) is 0 Å². The Morgan fingerprint density at radius 1 is 1.04 bits per heavy atom. The van der Waals surface area contributed by atoms with Crippen LogP contribution in [0.2, 0.25) is 5.02 Å². The number of benzene rings is 1. The maximum absolute atomic E-state index is 13.5. The summed E-state index contributed by atoms with van der Waals surface area (Å²) in [6.07, 6.45) is 12.4. The molecule has 0 bridgehead atoms. The third-order valence-corrected chi connectivity index (χ3v) is 7.20. The first kappa shape index (κ1) is 17.2. The van der Waals surface area contributed by atoms with E-state index in [-0.39, 0.29) is 17.5 Å². The van der Waals surface area contributed by atoms with Crippen molar-refractivity contribution in [3.8, 4) is 0 Å². The number of hydrogen-bond donors (Lipinski definition) is 0. The minimum atomic E-state index is 0.0171. The lowest BCUT2D eigenvalue weighted by Gasteiger charge is -2.55. The molecule has 1 aromatic carbocycles. The number of carbonyl (C=O) groups excluding carboxylic acids is 1. The predicted molar refractivity (Wildman–Crippen MR) is 105 cm³/mol. The summed E-state index contributed by atoms with van der Waals surface area (Å²) in [5, 5.41) is 5.30. The zero-order valence-corrected chi connectivity index (χ0v) is 16.2. The van der Waals surface area contributed by atoms with Gasteiger partial charge in [-0.3, -0.25) is 9.69 Å². The van der Waals surface area contributed by atoms with Crippen molar-refractivity contribution in [2.75, 3.05) is 4.90 Å². The molecule has 1 aliphatic heterocycles. The molecule has 2 saturated carbocycles. The van der Waals surface area contributed by atoms with Gasteiger partial charge < -0.3 is 0 Å². The largest absolute Gasteiger partial charge is 0.273 e. The summed E-state index contributed by atoms with van der Waals surface area (Å²) in [5.41, 5.74) is 0.712. The van der Waals surface area contributed by atoms with E-state index in [9.17, 15) is 4.79 Å². The van der Waals surface area contributed by atoms with Gasteiger partial charge in [-0.15, -0.1) is 0 Å². The molecule has 5 nitrogen and oxygen atoms in total. The molecule has 1 spiro atoms. The number of hydrogen-bond acceptors (Lipinski definition) is 3. The highest BCUT2D eigenvalue weighted by atomic mass is 35.5. The van der Waals surface area contributed by atoms with Gasteiger partial charge in [0.1, 0.15) is 6.33 Å². The van der Waals surface area contributed by atoms with Crippen molar-refractivity contribution in [3.05, 3.63) is 41.2 Å². The highest BCUT2D eigenvalue weighted by Crippen LogP contribution is 2.52. The van der Waals surface area contributed by atoms with Gasteiger partial charge in [0.25, 0.3) is 5.91 Å². The van der Waals surface area contributed by atoms with Gasteiger partial charge in [-0.2, -0.15) is 10.1 Å². The molecule has 0 unspecified atom stereocenters. The molecule has 2 aromatic rings. The van der Waals surface area contributed by atoms with Gasteiger partial charge in [-0.05, 0) is 49.9 Å². The molecular weight excluding hydrogens is 360 g/mol. The smallest absolute Gasteiger partial charge is 0.260 e. The fraction of sp³-hybridized carbons (Fsp3) is 0.571. The zero-order valence-electron chi connectivity index (χ0n) is 15.5. The van der Waals surface area contributed by atoms with Crippen molar-refractivity contribution in [1.82, 2.24) is 14.8 Å². The summed E-state index contributed by atoms with van der Waals surface area (Å²) in [4.78, 5) is 20.0. The molecule has 2 aliphatic carbocycles. The third kappa shape index (κ3) is 2.62. The van der Waals surface area contributed by atoms with Crippen LogP contribution >= 0.6 is 11.6 Å². The summed E-state index contributed by atoms with van der Waals surface area (Å²) in [7, 11) is 0. The topological polar surface area (TPSA) is 51.0 Å². The summed E-state index contributed by atoms with van der Waals surface area (Å²) in [6, 6.07) is 7.41. The van der Waals surface area contributed by atoms with Crippen molar-refractivity contribution in [2.24, 2.45) is 5.92 Å². The van der Waals surface area contributed by atoms with E-state index < -0.39 is 0 Å². The molecule has 1 aromatic heterocycles. The molecule has 0 saturated heterocycles. The summed E-state index contributed by atoms with van der Waals surface area (Å²) < 4.78 is 2.12. The molecule has 142 valence electrons. The molecule has 0 radical (unpaired) electrons. The Labute approximate surface area is 164 Å². The number of carbonyl (C=O) groups is 1. The van der Waals surface area contributed by atoms with Gasteiger partial charge in [0.2, 0.25) is 5.95 Å². The minimum absolute atomic E-state index is 0.0171. The molecule has 2 heterocycles. The average Bonchev–Trinajstić information content (AvgIpc) is 3.20. The monoisotopic (exact) mass is 384 g/mol. The number of aromatic nitrogens is 3. The number of amides is 1. The van der Waals surface area contributed by atoms with Crippen LogP contribution < -0.4 is 4.90 Å².